The van der Waals surface area contributed by atoms with Gasteiger partial charge in [0.05, 0.1) is 5.60 Å². The van der Waals surface area contributed by atoms with Gasteiger partial charge in [-0.1, -0.05) is 6.92 Å². The van der Waals surface area contributed by atoms with Crippen LogP contribution in [0.25, 0.3) is 0 Å². The zero-order chi connectivity index (χ0) is 12.0. The van der Waals surface area contributed by atoms with E-state index >= 15 is 0 Å². The van der Waals surface area contributed by atoms with E-state index < -0.39 is 10.5 Å². The number of Topliss-reactive ketones (excluding diaryl/α,β-unsaturated/α-hetero) is 1. The summed E-state index contributed by atoms with van der Waals surface area (Å²) in [7, 11) is 0. The molecule has 0 amide bonds. The lowest BCUT2D eigenvalue weighted by Gasteiger charge is -2.29. The van der Waals surface area contributed by atoms with Crippen LogP contribution in [0.5, 0.6) is 0 Å². The molecular weight excluding hydrogens is 212 g/mol. The van der Waals surface area contributed by atoms with Gasteiger partial charge in [-0.3, -0.25) is 4.79 Å². The first-order chi connectivity index (χ1) is 6.57. The second-order valence-corrected chi connectivity index (χ2v) is 6.63. The van der Waals surface area contributed by atoms with E-state index in [9.17, 15) is 9.90 Å². The molecule has 4 atom stereocenters. The van der Waals surface area contributed by atoms with Gasteiger partial charge in [0, 0.05) is 10.8 Å². The third-order valence-electron chi connectivity index (χ3n) is 3.94. The predicted molar refractivity (Wildman–Crippen MR) is 62.0 cm³/mol. The van der Waals surface area contributed by atoms with Crippen molar-refractivity contribution in [2.24, 2.45) is 17.8 Å². The van der Waals surface area contributed by atoms with Gasteiger partial charge in [0.25, 0.3) is 0 Å². The molecule has 1 saturated carbocycles. The number of carbonyl (C=O) groups is 1. The van der Waals surface area contributed by atoms with E-state index in [2.05, 4.69) is 0 Å². The highest BCUT2D eigenvalue weighted by Crippen LogP contribution is 2.50. The molecule has 2 nitrogen and oxygen atoms in total. The van der Waals surface area contributed by atoms with E-state index in [1.807, 2.05) is 20.8 Å². The van der Waals surface area contributed by atoms with Gasteiger partial charge in [0.1, 0.15) is 5.78 Å². The monoisotopic (exact) mass is 232 g/mol. The Morgan fingerprint density at radius 2 is 2.00 bits per heavy atom. The Morgan fingerprint density at radius 1 is 1.53 bits per heavy atom. The largest absolute Gasteiger partial charge is 0.390 e. The number of alkyl halides is 1. The fourth-order valence-electron chi connectivity index (χ4n) is 2.80. The van der Waals surface area contributed by atoms with Gasteiger partial charge in [-0.25, -0.2) is 0 Å². The molecule has 0 aromatic rings. The van der Waals surface area contributed by atoms with Crippen LogP contribution in [-0.2, 0) is 4.79 Å². The van der Waals surface area contributed by atoms with Gasteiger partial charge in [-0.15, -0.1) is 11.6 Å². The van der Waals surface area contributed by atoms with Crippen LogP contribution < -0.4 is 0 Å². The van der Waals surface area contributed by atoms with Gasteiger partial charge in [0.2, 0.25) is 0 Å². The Bertz CT molecular complexity index is 265. The number of ketones is 1. The van der Waals surface area contributed by atoms with E-state index in [0.29, 0.717) is 6.42 Å². The van der Waals surface area contributed by atoms with Crippen LogP contribution in [0.4, 0.5) is 0 Å². The van der Waals surface area contributed by atoms with Gasteiger partial charge in [-0.05, 0) is 46.0 Å². The molecule has 0 spiro atoms. The molecule has 1 aliphatic carbocycles. The highest BCUT2D eigenvalue weighted by Gasteiger charge is 2.53. The molecule has 15 heavy (non-hydrogen) atoms. The van der Waals surface area contributed by atoms with Crippen molar-refractivity contribution in [3.63, 3.8) is 0 Å². The molecule has 0 bridgehead atoms. The van der Waals surface area contributed by atoms with E-state index in [1.165, 1.54) is 0 Å². The lowest BCUT2D eigenvalue weighted by molar-refractivity contribution is -0.124. The molecule has 0 heterocycles. The Kier molecular flexibility index (Phi) is 3.24. The van der Waals surface area contributed by atoms with Crippen molar-refractivity contribution in [3.8, 4) is 0 Å². The second kappa shape index (κ2) is 3.74. The molecule has 1 N–H and O–H groups in total. The highest BCUT2D eigenvalue weighted by molar-refractivity contribution is 6.23. The minimum atomic E-state index is -0.771. The number of halogens is 1. The summed E-state index contributed by atoms with van der Waals surface area (Å²) in [6.45, 7) is 9.18. The zero-order valence-electron chi connectivity index (χ0n) is 10.2. The maximum absolute atomic E-state index is 11.6. The molecule has 0 radical (unpaired) electrons. The summed E-state index contributed by atoms with van der Waals surface area (Å²) in [6.07, 6.45) is 0.606. The average Bonchev–Trinajstić information content (AvgIpc) is 2.22. The van der Waals surface area contributed by atoms with Crippen molar-refractivity contribution < 1.29 is 9.90 Å². The first-order valence-corrected chi connectivity index (χ1v) is 5.87. The van der Waals surface area contributed by atoms with Crippen molar-refractivity contribution in [2.75, 3.05) is 0 Å². The average molecular weight is 233 g/mol. The molecule has 0 aliphatic heterocycles. The first-order valence-electron chi connectivity index (χ1n) is 5.49. The summed E-state index contributed by atoms with van der Waals surface area (Å²) in [5, 5.41) is 10.2. The Hall–Kier alpha value is -0.0800. The van der Waals surface area contributed by atoms with Gasteiger partial charge >= 0.3 is 0 Å². The molecule has 1 fully saturated rings. The molecule has 0 aromatic carbocycles. The predicted octanol–water partition coefficient (Wildman–Crippen LogP) is 2.62. The number of carbonyl (C=O) groups excluding carboxylic acids is 1. The van der Waals surface area contributed by atoms with Crippen LogP contribution in [0, 0.1) is 17.8 Å². The fourth-order valence-corrected chi connectivity index (χ4v) is 3.01. The molecule has 3 heteroatoms. The maximum Gasteiger partial charge on any atom is 0.133 e. The summed E-state index contributed by atoms with van der Waals surface area (Å²) < 4.78 is 0. The lowest BCUT2D eigenvalue weighted by atomic mass is 9.80. The highest BCUT2D eigenvalue weighted by atomic mass is 35.5. The smallest absolute Gasteiger partial charge is 0.133 e. The zero-order valence-corrected chi connectivity index (χ0v) is 10.9. The van der Waals surface area contributed by atoms with E-state index in [4.69, 9.17) is 11.6 Å². The van der Waals surface area contributed by atoms with Gasteiger partial charge < -0.3 is 5.11 Å². The summed E-state index contributed by atoms with van der Waals surface area (Å²) in [5.74, 6) is 0.0613. The summed E-state index contributed by atoms with van der Waals surface area (Å²) in [6, 6.07) is 0. The van der Waals surface area contributed by atoms with E-state index in [0.717, 1.165) is 0 Å². The molecule has 0 aromatic heterocycles. The molecular formula is C12H21ClO2. The van der Waals surface area contributed by atoms with Gasteiger partial charge in [-0.2, -0.15) is 0 Å². The quantitative estimate of drug-likeness (QED) is 0.744. The third kappa shape index (κ3) is 2.36. The maximum atomic E-state index is 11.6. The summed E-state index contributed by atoms with van der Waals surface area (Å²) in [4.78, 5) is 11.2. The number of hydrogen-bond donors (Lipinski definition) is 1. The minimum absolute atomic E-state index is 0.0157. The molecule has 1 aliphatic rings. The second-order valence-electron chi connectivity index (χ2n) is 5.66. The van der Waals surface area contributed by atoms with Crippen LogP contribution in [0.1, 0.15) is 41.0 Å². The van der Waals surface area contributed by atoms with E-state index in [-0.39, 0.29) is 23.5 Å². The summed E-state index contributed by atoms with van der Waals surface area (Å²) >= 11 is 6.31. The van der Waals surface area contributed by atoms with Gasteiger partial charge in [0.15, 0.2) is 0 Å². The van der Waals surface area contributed by atoms with Crippen molar-refractivity contribution in [2.45, 2.75) is 51.5 Å². The van der Waals surface area contributed by atoms with Crippen molar-refractivity contribution in [3.05, 3.63) is 0 Å². The third-order valence-corrected chi connectivity index (χ3v) is 4.22. The SMILES string of the molecule is CC(=O)[C@H]1[C@H](C(C)(C)Cl)C[C@](C)(O)[C@@H]1C. The van der Waals surface area contributed by atoms with Crippen molar-refractivity contribution >= 4 is 17.4 Å². The van der Waals surface area contributed by atoms with Crippen LogP contribution in [0.15, 0.2) is 0 Å². The normalized spacial score (nSPS) is 41.9. The van der Waals surface area contributed by atoms with Crippen molar-refractivity contribution in [1.82, 2.24) is 0 Å². The van der Waals surface area contributed by atoms with Crippen LogP contribution in [0.2, 0.25) is 0 Å². The minimum Gasteiger partial charge on any atom is -0.390 e. The van der Waals surface area contributed by atoms with Crippen molar-refractivity contribution in [1.29, 1.82) is 0 Å². The Morgan fingerprint density at radius 3 is 2.27 bits per heavy atom. The number of rotatable bonds is 2. The summed E-state index contributed by atoms with van der Waals surface area (Å²) in [5.41, 5.74) is -0.771. The van der Waals surface area contributed by atoms with Crippen LogP contribution in [-0.4, -0.2) is 21.4 Å². The molecule has 88 valence electrons. The Labute approximate surface area is 97.0 Å². The molecule has 1 rings (SSSR count). The van der Waals surface area contributed by atoms with Crippen LogP contribution >= 0.6 is 11.6 Å². The standard InChI is InChI=1S/C12H21ClO2/c1-7-10(8(2)14)9(11(3,4)13)6-12(7,5)15/h7,9-10,15H,6H2,1-5H3/t7-,9-,10+,12+/m1/s1. The Balaban J connectivity index is 3.04. The fraction of sp³-hybridized carbons (Fsp3) is 0.917. The van der Waals surface area contributed by atoms with E-state index in [1.54, 1.807) is 13.8 Å². The molecule has 0 unspecified atom stereocenters. The number of hydrogen-bond acceptors (Lipinski definition) is 2. The first kappa shape index (κ1) is 13.0. The van der Waals surface area contributed by atoms with Crippen LogP contribution in [0.3, 0.4) is 0 Å². The molecule has 0 saturated heterocycles. The number of aliphatic hydroxyl groups is 1. The lowest BCUT2D eigenvalue weighted by Crippen LogP contribution is -2.34. The topological polar surface area (TPSA) is 37.3 Å².